The highest BCUT2D eigenvalue weighted by Gasteiger charge is 2.21. The molecule has 0 heterocycles. The molecule has 0 aromatic rings. The zero-order chi connectivity index (χ0) is 14.6. The molecule has 6 heteroatoms. The molecule has 0 saturated carbocycles. The summed E-state index contributed by atoms with van der Waals surface area (Å²) >= 11 is 0. The molecule has 0 rings (SSSR count). The Morgan fingerprint density at radius 2 is 1.56 bits per heavy atom. The van der Waals surface area contributed by atoms with Crippen LogP contribution in [0.3, 0.4) is 0 Å². The topological polar surface area (TPSA) is 63.6 Å². The molecule has 0 aliphatic heterocycles. The predicted molar refractivity (Wildman–Crippen MR) is 79.2 cm³/mol. The molecule has 0 fully saturated rings. The van der Waals surface area contributed by atoms with Crippen LogP contribution in [0.4, 0.5) is 0 Å². The van der Waals surface area contributed by atoms with Crippen LogP contribution >= 0.6 is 0 Å². The van der Waals surface area contributed by atoms with E-state index < -0.39 is 25.1 Å². The van der Waals surface area contributed by atoms with Crippen molar-refractivity contribution in [3.05, 3.63) is 0 Å². The van der Waals surface area contributed by atoms with Crippen molar-refractivity contribution >= 4 is 19.6 Å². The maximum atomic E-state index is 12.3. The quantitative estimate of drug-likeness (QED) is 0.724. The van der Waals surface area contributed by atoms with Gasteiger partial charge in [-0.25, -0.2) is 12.8 Å². The van der Waals surface area contributed by atoms with E-state index in [0.717, 1.165) is 6.42 Å². The monoisotopic (exact) mass is 297 g/mol. The maximum Gasteiger partial charge on any atom is 0.147 e. The first-order valence-corrected chi connectivity index (χ1v) is 10.4. The van der Waals surface area contributed by atoms with E-state index in [9.17, 15) is 12.6 Å². The van der Waals surface area contributed by atoms with Crippen LogP contribution in [0.2, 0.25) is 0 Å². The van der Waals surface area contributed by atoms with Crippen molar-refractivity contribution in [1.29, 1.82) is 0 Å². The standard InChI is InChI=1S/C12H27NO3S2/c1-11(2)7-9-17(5,14)13-12(3,4)8-10-18(6,15)16/h11H,7-10H2,1-6H3. The van der Waals surface area contributed by atoms with Gasteiger partial charge in [-0.15, -0.1) is 0 Å². The average Bonchev–Trinajstić information content (AvgIpc) is 2.09. The Hall–Kier alpha value is -0.100. The van der Waals surface area contributed by atoms with Crippen LogP contribution in [0.25, 0.3) is 0 Å². The second-order valence-electron chi connectivity index (χ2n) is 6.13. The summed E-state index contributed by atoms with van der Waals surface area (Å²) in [5.41, 5.74) is -0.550. The summed E-state index contributed by atoms with van der Waals surface area (Å²) < 4.78 is 39.0. The maximum absolute atomic E-state index is 12.3. The highest BCUT2D eigenvalue weighted by Crippen LogP contribution is 2.18. The molecule has 0 bridgehead atoms. The van der Waals surface area contributed by atoms with E-state index in [0.29, 0.717) is 18.1 Å². The van der Waals surface area contributed by atoms with Crippen molar-refractivity contribution in [1.82, 2.24) is 0 Å². The summed E-state index contributed by atoms with van der Waals surface area (Å²) in [5.74, 6) is 1.16. The fourth-order valence-corrected chi connectivity index (χ4v) is 4.51. The van der Waals surface area contributed by atoms with E-state index in [-0.39, 0.29) is 5.75 Å². The van der Waals surface area contributed by atoms with Gasteiger partial charge in [0, 0.05) is 28.0 Å². The highest BCUT2D eigenvalue weighted by molar-refractivity contribution is 7.92. The van der Waals surface area contributed by atoms with Crippen LogP contribution in [0.5, 0.6) is 0 Å². The molecule has 0 N–H and O–H groups in total. The Morgan fingerprint density at radius 3 is 1.94 bits per heavy atom. The summed E-state index contributed by atoms with van der Waals surface area (Å²) in [4.78, 5) is 0. The molecule has 1 atom stereocenters. The van der Waals surface area contributed by atoms with Crippen molar-refractivity contribution < 1.29 is 12.6 Å². The smallest absolute Gasteiger partial charge is 0.147 e. The Bertz CT molecular complexity index is 470. The lowest BCUT2D eigenvalue weighted by molar-refractivity contribution is 0.500. The molecule has 1 unspecified atom stereocenters. The molecule has 0 radical (unpaired) electrons. The fourth-order valence-electron chi connectivity index (χ4n) is 1.50. The van der Waals surface area contributed by atoms with Crippen molar-refractivity contribution in [2.45, 2.75) is 46.1 Å². The van der Waals surface area contributed by atoms with E-state index in [1.165, 1.54) is 6.26 Å². The molecule has 0 amide bonds. The molecule has 18 heavy (non-hydrogen) atoms. The fraction of sp³-hybridized carbons (Fsp3) is 1.00. The minimum atomic E-state index is -2.99. The molecule has 0 saturated heterocycles. The normalized spacial score (nSPS) is 16.6. The van der Waals surface area contributed by atoms with Crippen LogP contribution in [-0.2, 0) is 19.6 Å². The molecule has 0 aromatic carbocycles. The van der Waals surface area contributed by atoms with Gasteiger partial charge in [0.1, 0.15) is 9.84 Å². The first-order chi connectivity index (χ1) is 7.83. The second-order valence-corrected chi connectivity index (χ2v) is 10.9. The van der Waals surface area contributed by atoms with E-state index in [1.54, 1.807) is 6.26 Å². The van der Waals surface area contributed by atoms with Gasteiger partial charge in [-0.3, -0.25) is 4.21 Å². The third kappa shape index (κ3) is 9.88. The van der Waals surface area contributed by atoms with Gasteiger partial charge in [0.2, 0.25) is 0 Å². The zero-order valence-electron chi connectivity index (χ0n) is 12.4. The van der Waals surface area contributed by atoms with E-state index in [1.807, 2.05) is 13.8 Å². The average molecular weight is 297 g/mol. The third-order valence-electron chi connectivity index (χ3n) is 2.60. The van der Waals surface area contributed by atoms with Gasteiger partial charge in [-0.05, 0) is 32.6 Å². The number of nitrogens with zero attached hydrogens (tertiary/aromatic N) is 1. The lowest BCUT2D eigenvalue weighted by Crippen LogP contribution is -2.24. The lowest BCUT2D eigenvalue weighted by atomic mass is 10.0. The molecular formula is C12H27NO3S2. The minimum absolute atomic E-state index is 0.0865. The van der Waals surface area contributed by atoms with Crippen LogP contribution < -0.4 is 0 Å². The highest BCUT2D eigenvalue weighted by atomic mass is 32.2. The minimum Gasteiger partial charge on any atom is -0.250 e. The molecule has 0 aliphatic rings. The summed E-state index contributed by atoms with van der Waals surface area (Å²) in [6, 6.07) is 0. The van der Waals surface area contributed by atoms with E-state index >= 15 is 0 Å². The van der Waals surface area contributed by atoms with Gasteiger partial charge in [0.25, 0.3) is 0 Å². The van der Waals surface area contributed by atoms with Gasteiger partial charge < -0.3 is 0 Å². The van der Waals surface area contributed by atoms with Gasteiger partial charge in [0.15, 0.2) is 0 Å². The summed E-state index contributed by atoms with van der Waals surface area (Å²) in [5, 5.41) is 0. The van der Waals surface area contributed by atoms with Crippen LogP contribution in [0, 0.1) is 5.92 Å². The number of hydrogen-bond acceptors (Lipinski definition) is 4. The molecule has 0 aromatic heterocycles. The first-order valence-electron chi connectivity index (χ1n) is 6.22. The molecule has 4 nitrogen and oxygen atoms in total. The lowest BCUT2D eigenvalue weighted by Gasteiger charge is -2.21. The number of hydrogen-bond donors (Lipinski definition) is 0. The third-order valence-corrected chi connectivity index (χ3v) is 5.42. The van der Waals surface area contributed by atoms with Crippen molar-refractivity contribution in [3.63, 3.8) is 0 Å². The van der Waals surface area contributed by atoms with E-state index in [4.69, 9.17) is 0 Å². The number of rotatable bonds is 7. The Labute approximate surface area is 113 Å². The molecule has 0 aliphatic carbocycles. The van der Waals surface area contributed by atoms with E-state index in [2.05, 4.69) is 18.2 Å². The molecule has 110 valence electrons. The van der Waals surface area contributed by atoms with Gasteiger partial charge in [-0.1, -0.05) is 13.8 Å². The predicted octanol–water partition coefficient (Wildman–Crippen LogP) is 2.34. The summed E-state index contributed by atoms with van der Waals surface area (Å²) in [6.07, 6.45) is 4.17. The molecule has 0 spiro atoms. The van der Waals surface area contributed by atoms with Crippen molar-refractivity contribution in [3.8, 4) is 0 Å². The first kappa shape index (κ1) is 17.9. The van der Waals surface area contributed by atoms with Crippen LogP contribution in [0.15, 0.2) is 4.36 Å². The second kappa shape index (κ2) is 6.37. The molecular weight excluding hydrogens is 270 g/mol. The Morgan fingerprint density at radius 1 is 1.06 bits per heavy atom. The van der Waals surface area contributed by atoms with Gasteiger partial charge in [-0.2, -0.15) is 0 Å². The largest absolute Gasteiger partial charge is 0.250 e. The van der Waals surface area contributed by atoms with Crippen molar-refractivity contribution in [2.24, 2.45) is 10.3 Å². The van der Waals surface area contributed by atoms with Gasteiger partial charge >= 0.3 is 0 Å². The van der Waals surface area contributed by atoms with Crippen LogP contribution in [-0.4, -0.2) is 42.2 Å². The van der Waals surface area contributed by atoms with Gasteiger partial charge in [0.05, 0.1) is 11.3 Å². The Balaban J connectivity index is 4.75. The zero-order valence-corrected chi connectivity index (χ0v) is 14.0. The summed E-state index contributed by atoms with van der Waals surface area (Å²) in [6.45, 7) is 7.86. The van der Waals surface area contributed by atoms with Crippen molar-refractivity contribution in [2.75, 3.05) is 24.0 Å². The SMILES string of the molecule is CC(C)CCS(C)(=O)=NC(C)(C)CCS(C)(=O)=O. The van der Waals surface area contributed by atoms with Crippen LogP contribution in [0.1, 0.15) is 40.5 Å². The number of sulfone groups is 1. The summed E-state index contributed by atoms with van der Waals surface area (Å²) in [7, 11) is -5.21. The Kier molecular flexibility index (Phi) is 6.33.